The molecule has 3 heteroatoms. The summed E-state index contributed by atoms with van der Waals surface area (Å²) >= 11 is 7.93. The third-order valence-corrected chi connectivity index (χ3v) is 5.34. The van der Waals surface area contributed by atoms with Crippen LogP contribution in [0.2, 0.25) is 4.34 Å². The minimum absolute atomic E-state index is 0.405. The van der Waals surface area contributed by atoms with Crippen LogP contribution in [0.3, 0.4) is 0 Å². The van der Waals surface area contributed by atoms with E-state index < -0.39 is 0 Å². The van der Waals surface area contributed by atoms with Crippen molar-refractivity contribution in [2.24, 2.45) is 0 Å². The van der Waals surface area contributed by atoms with Gasteiger partial charge in [0.2, 0.25) is 0 Å². The molecular formula is C17H20ClNS. The largest absolute Gasteiger partial charge is 0.378 e. The summed E-state index contributed by atoms with van der Waals surface area (Å²) < 4.78 is 0.917. The quantitative estimate of drug-likeness (QED) is 0.731. The summed E-state index contributed by atoms with van der Waals surface area (Å²) in [5.41, 5.74) is 4.06. The normalized spacial score (nSPS) is 18.1. The lowest BCUT2D eigenvalue weighted by molar-refractivity contribution is 0.607. The minimum Gasteiger partial charge on any atom is -0.378 e. The van der Waals surface area contributed by atoms with E-state index in [9.17, 15) is 0 Å². The second kappa shape index (κ2) is 5.79. The van der Waals surface area contributed by atoms with Crippen molar-refractivity contribution in [3.63, 3.8) is 0 Å². The van der Waals surface area contributed by atoms with Crippen molar-refractivity contribution in [2.45, 2.75) is 45.1 Å². The molecule has 0 bridgehead atoms. The zero-order chi connectivity index (χ0) is 14.1. The number of hydrogen-bond acceptors (Lipinski definition) is 2. The summed E-state index contributed by atoms with van der Waals surface area (Å²) in [5.74, 6) is 0.535. The van der Waals surface area contributed by atoms with Crippen LogP contribution in [0.4, 0.5) is 5.69 Å². The topological polar surface area (TPSA) is 12.0 Å². The van der Waals surface area contributed by atoms with Crippen LogP contribution in [0.5, 0.6) is 0 Å². The van der Waals surface area contributed by atoms with Gasteiger partial charge in [-0.05, 0) is 48.4 Å². The highest BCUT2D eigenvalue weighted by Crippen LogP contribution is 2.40. The number of hydrogen-bond donors (Lipinski definition) is 1. The number of para-hydroxylation sites is 1. The number of anilines is 1. The number of thiophene rings is 1. The molecular weight excluding hydrogens is 286 g/mol. The van der Waals surface area contributed by atoms with E-state index in [0.29, 0.717) is 12.0 Å². The molecule has 0 fully saturated rings. The van der Waals surface area contributed by atoms with Gasteiger partial charge in [0, 0.05) is 10.6 Å². The Balaban J connectivity index is 1.89. The molecule has 1 aliphatic carbocycles. The molecule has 106 valence electrons. The van der Waals surface area contributed by atoms with Crippen LogP contribution < -0.4 is 5.32 Å². The Kier molecular flexibility index (Phi) is 4.04. The second-order valence-corrected chi connectivity index (χ2v) is 7.53. The summed E-state index contributed by atoms with van der Waals surface area (Å²) in [6, 6.07) is 11.2. The third kappa shape index (κ3) is 2.72. The average Bonchev–Trinajstić information content (AvgIpc) is 2.80. The van der Waals surface area contributed by atoms with Crippen LogP contribution in [0.1, 0.15) is 54.7 Å². The molecule has 1 aliphatic rings. The molecule has 1 nitrogen and oxygen atoms in total. The van der Waals surface area contributed by atoms with Gasteiger partial charge in [-0.1, -0.05) is 43.6 Å². The zero-order valence-electron chi connectivity index (χ0n) is 11.9. The Hall–Kier alpha value is -0.990. The van der Waals surface area contributed by atoms with E-state index in [1.165, 1.54) is 41.0 Å². The van der Waals surface area contributed by atoms with Crippen LogP contribution in [0.25, 0.3) is 0 Å². The van der Waals surface area contributed by atoms with Gasteiger partial charge in [0.1, 0.15) is 0 Å². The van der Waals surface area contributed by atoms with Crippen molar-refractivity contribution in [1.82, 2.24) is 0 Å². The lowest BCUT2D eigenvalue weighted by Crippen LogP contribution is -2.16. The van der Waals surface area contributed by atoms with E-state index in [2.05, 4.69) is 49.5 Å². The molecule has 2 aromatic rings. The first-order chi connectivity index (χ1) is 9.65. The highest BCUT2D eigenvalue weighted by atomic mass is 35.5. The maximum Gasteiger partial charge on any atom is 0.0934 e. The van der Waals surface area contributed by atoms with E-state index >= 15 is 0 Å². The smallest absolute Gasteiger partial charge is 0.0934 e. The Morgan fingerprint density at radius 3 is 2.90 bits per heavy atom. The van der Waals surface area contributed by atoms with Crippen molar-refractivity contribution >= 4 is 28.6 Å². The number of fused-ring (bicyclic) bond motifs is 1. The molecule has 1 unspecified atom stereocenters. The average molecular weight is 306 g/mol. The molecule has 0 saturated heterocycles. The summed E-state index contributed by atoms with van der Waals surface area (Å²) in [5, 5.41) is 3.75. The van der Waals surface area contributed by atoms with Gasteiger partial charge < -0.3 is 5.32 Å². The molecule has 0 spiro atoms. The minimum atomic E-state index is 0.405. The number of aryl methyl sites for hydroxylation is 1. The Labute approximate surface area is 130 Å². The number of halogens is 1. The monoisotopic (exact) mass is 305 g/mol. The maximum atomic E-state index is 6.19. The van der Waals surface area contributed by atoms with E-state index in [1.54, 1.807) is 11.3 Å². The SMILES string of the molecule is CC(C)c1ccccc1NC1CCCc2sc(Cl)cc21. The Morgan fingerprint density at radius 2 is 2.10 bits per heavy atom. The number of nitrogens with one attached hydrogen (secondary N) is 1. The fourth-order valence-corrected chi connectivity index (χ4v) is 4.37. The van der Waals surface area contributed by atoms with Gasteiger partial charge in [-0.3, -0.25) is 0 Å². The summed E-state index contributed by atoms with van der Waals surface area (Å²) in [6.07, 6.45) is 3.61. The van der Waals surface area contributed by atoms with E-state index in [-0.39, 0.29) is 0 Å². The Bertz CT molecular complexity index is 603. The van der Waals surface area contributed by atoms with E-state index in [4.69, 9.17) is 11.6 Å². The number of benzene rings is 1. The van der Waals surface area contributed by atoms with Gasteiger partial charge in [0.15, 0.2) is 0 Å². The standard InChI is InChI=1S/C17H20ClNS/c1-11(2)12-6-3-4-7-14(12)19-15-8-5-9-16-13(15)10-17(18)20-16/h3-4,6-7,10-11,15,19H,5,8-9H2,1-2H3. The Morgan fingerprint density at radius 1 is 1.30 bits per heavy atom. The lowest BCUT2D eigenvalue weighted by atomic mass is 9.93. The lowest BCUT2D eigenvalue weighted by Gasteiger charge is -2.26. The van der Waals surface area contributed by atoms with Gasteiger partial charge in [-0.15, -0.1) is 11.3 Å². The molecule has 0 aliphatic heterocycles. The molecule has 1 aromatic heterocycles. The van der Waals surface area contributed by atoms with Crippen LogP contribution >= 0.6 is 22.9 Å². The first kappa shape index (κ1) is 14.0. The van der Waals surface area contributed by atoms with Crippen LogP contribution in [0, 0.1) is 0 Å². The predicted octanol–water partition coefficient (Wildman–Crippen LogP) is 6.01. The van der Waals surface area contributed by atoms with Crippen molar-refractivity contribution in [3.05, 3.63) is 50.7 Å². The van der Waals surface area contributed by atoms with Gasteiger partial charge >= 0.3 is 0 Å². The molecule has 3 rings (SSSR count). The molecule has 0 saturated carbocycles. The summed E-state index contributed by atoms with van der Waals surface area (Å²) in [6.45, 7) is 4.49. The summed E-state index contributed by atoms with van der Waals surface area (Å²) in [7, 11) is 0. The highest BCUT2D eigenvalue weighted by Gasteiger charge is 2.23. The van der Waals surface area contributed by atoms with Gasteiger partial charge in [-0.2, -0.15) is 0 Å². The molecule has 1 atom stereocenters. The molecule has 1 N–H and O–H groups in total. The van der Waals surface area contributed by atoms with Crippen LogP contribution in [-0.2, 0) is 6.42 Å². The molecule has 1 aromatic carbocycles. The fraction of sp³-hybridized carbons (Fsp3) is 0.412. The van der Waals surface area contributed by atoms with Gasteiger partial charge in [0.05, 0.1) is 10.4 Å². The van der Waals surface area contributed by atoms with Crippen molar-refractivity contribution in [3.8, 4) is 0 Å². The third-order valence-electron chi connectivity index (χ3n) is 4.00. The van der Waals surface area contributed by atoms with Crippen molar-refractivity contribution in [1.29, 1.82) is 0 Å². The first-order valence-electron chi connectivity index (χ1n) is 7.28. The summed E-state index contributed by atoms with van der Waals surface area (Å²) in [4.78, 5) is 1.46. The van der Waals surface area contributed by atoms with Gasteiger partial charge in [-0.25, -0.2) is 0 Å². The van der Waals surface area contributed by atoms with Crippen molar-refractivity contribution in [2.75, 3.05) is 5.32 Å². The molecule has 0 amide bonds. The fourth-order valence-electron chi connectivity index (χ4n) is 2.99. The molecule has 20 heavy (non-hydrogen) atoms. The van der Waals surface area contributed by atoms with Crippen molar-refractivity contribution < 1.29 is 0 Å². The zero-order valence-corrected chi connectivity index (χ0v) is 13.5. The molecule has 0 radical (unpaired) electrons. The highest BCUT2D eigenvalue weighted by molar-refractivity contribution is 7.16. The van der Waals surface area contributed by atoms with Crippen LogP contribution in [0.15, 0.2) is 30.3 Å². The molecule has 1 heterocycles. The van der Waals surface area contributed by atoms with Crippen LogP contribution in [-0.4, -0.2) is 0 Å². The first-order valence-corrected chi connectivity index (χ1v) is 8.48. The second-order valence-electron chi connectivity index (χ2n) is 5.76. The van der Waals surface area contributed by atoms with E-state index in [1.807, 2.05) is 0 Å². The predicted molar refractivity (Wildman–Crippen MR) is 89.2 cm³/mol. The maximum absolute atomic E-state index is 6.19. The van der Waals surface area contributed by atoms with Gasteiger partial charge in [0.25, 0.3) is 0 Å². The number of rotatable bonds is 3. The van der Waals surface area contributed by atoms with E-state index in [0.717, 1.165) is 4.34 Å².